The molecule has 1 aliphatic rings. The number of H-pyrrole nitrogens is 1. The van der Waals surface area contributed by atoms with Crippen LogP contribution >= 0.6 is 0 Å². The SMILES string of the molecule is COCC1(CNCc2ccn[nH]2)CCCN(C(=O)OC(C)(C)C)C1. The van der Waals surface area contributed by atoms with Gasteiger partial charge < -0.3 is 19.7 Å². The molecule has 0 aromatic carbocycles. The first kappa shape index (κ1) is 18.7. The van der Waals surface area contributed by atoms with E-state index in [4.69, 9.17) is 9.47 Å². The van der Waals surface area contributed by atoms with Crippen LogP contribution in [0.4, 0.5) is 4.79 Å². The third-order valence-corrected chi connectivity index (χ3v) is 4.14. The van der Waals surface area contributed by atoms with Crippen molar-refractivity contribution in [3.8, 4) is 0 Å². The topological polar surface area (TPSA) is 79.5 Å². The first-order valence-corrected chi connectivity index (χ1v) is 8.49. The molecule has 2 N–H and O–H groups in total. The molecule has 0 spiro atoms. The van der Waals surface area contributed by atoms with Gasteiger partial charge in [-0.05, 0) is 39.7 Å². The molecule has 1 atom stereocenters. The van der Waals surface area contributed by atoms with Crippen LogP contribution in [-0.2, 0) is 16.0 Å². The molecule has 24 heavy (non-hydrogen) atoms. The van der Waals surface area contributed by atoms with Gasteiger partial charge in [0.15, 0.2) is 0 Å². The van der Waals surface area contributed by atoms with E-state index in [1.807, 2.05) is 31.7 Å². The number of rotatable bonds is 6. The molecule has 136 valence electrons. The lowest BCUT2D eigenvalue weighted by Gasteiger charge is -2.42. The number of carbonyl (C=O) groups is 1. The van der Waals surface area contributed by atoms with Crippen molar-refractivity contribution in [2.45, 2.75) is 45.8 Å². The molecule has 2 rings (SSSR count). The molecule has 1 fully saturated rings. The monoisotopic (exact) mass is 338 g/mol. The molecular weight excluding hydrogens is 308 g/mol. The molecule has 0 bridgehead atoms. The van der Waals surface area contributed by atoms with Crippen LogP contribution in [0.5, 0.6) is 0 Å². The van der Waals surface area contributed by atoms with Crippen molar-refractivity contribution in [2.75, 3.05) is 33.4 Å². The number of carbonyl (C=O) groups excluding carboxylic acids is 1. The number of hydrogen-bond acceptors (Lipinski definition) is 5. The Hall–Kier alpha value is -1.60. The predicted octanol–water partition coefficient (Wildman–Crippen LogP) is 2.16. The highest BCUT2D eigenvalue weighted by Gasteiger charge is 2.38. The molecule has 7 nitrogen and oxygen atoms in total. The zero-order chi connectivity index (χ0) is 17.6. The normalized spacial score (nSPS) is 21.8. The minimum atomic E-state index is -0.475. The van der Waals surface area contributed by atoms with Crippen molar-refractivity contribution in [1.29, 1.82) is 0 Å². The largest absolute Gasteiger partial charge is 0.444 e. The molecular formula is C17H30N4O3. The quantitative estimate of drug-likeness (QED) is 0.831. The second-order valence-corrected chi connectivity index (χ2v) is 7.62. The van der Waals surface area contributed by atoms with Gasteiger partial charge in [-0.2, -0.15) is 5.10 Å². The highest BCUT2D eigenvalue weighted by atomic mass is 16.6. The highest BCUT2D eigenvalue weighted by Crippen LogP contribution is 2.30. The van der Waals surface area contributed by atoms with Gasteiger partial charge in [-0.15, -0.1) is 0 Å². The maximum Gasteiger partial charge on any atom is 0.410 e. The summed E-state index contributed by atoms with van der Waals surface area (Å²) in [6, 6.07) is 1.95. The molecule has 1 unspecified atom stereocenters. The predicted molar refractivity (Wildman–Crippen MR) is 91.6 cm³/mol. The summed E-state index contributed by atoms with van der Waals surface area (Å²) in [5, 5.41) is 10.4. The van der Waals surface area contributed by atoms with Crippen molar-refractivity contribution in [1.82, 2.24) is 20.4 Å². The van der Waals surface area contributed by atoms with E-state index in [0.717, 1.165) is 38.2 Å². The summed E-state index contributed by atoms with van der Waals surface area (Å²) in [5.41, 5.74) is 0.476. The Labute approximate surface area is 144 Å². The number of aromatic nitrogens is 2. The number of amides is 1. The summed E-state index contributed by atoms with van der Waals surface area (Å²) >= 11 is 0. The fourth-order valence-electron chi connectivity index (χ4n) is 3.16. The van der Waals surface area contributed by atoms with E-state index < -0.39 is 5.60 Å². The first-order valence-electron chi connectivity index (χ1n) is 8.49. The summed E-state index contributed by atoms with van der Waals surface area (Å²) in [6.45, 7) is 9.17. The molecule has 1 saturated heterocycles. The van der Waals surface area contributed by atoms with E-state index in [1.54, 1.807) is 13.3 Å². The van der Waals surface area contributed by atoms with Gasteiger partial charge >= 0.3 is 6.09 Å². The Balaban J connectivity index is 1.95. The Morgan fingerprint density at radius 1 is 1.50 bits per heavy atom. The maximum absolute atomic E-state index is 12.4. The maximum atomic E-state index is 12.4. The number of aromatic amines is 1. The molecule has 2 heterocycles. The van der Waals surface area contributed by atoms with E-state index >= 15 is 0 Å². The summed E-state index contributed by atoms with van der Waals surface area (Å²) in [7, 11) is 1.71. The number of piperidine rings is 1. The number of nitrogens with zero attached hydrogens (tertiary/aromatic N) is 2. The second-order valence-electron chi connectivity index (χ2n) is 7.62. The summed E-state index contributed by atoms with van der Waals surface area (Å²) in [4.78, 5) is 14.2. The first-order chi connectivity index (χ1) is 11.3. The molecule has 1 aromatic heterocycles. The van der Waals surface area contributed by atoms with Gasteiger partial charge in [0.25, 0.3) is 0 Å². The zero-order valence-electron chi connectivity index (χ0n) is 15.2. The molecule has 0 aliphatic carbocycles. The number of methoxy groups -OCH3 is 1. The summed E-state index contributed by atoms with van der Waals surface area (Å²) in [5.74, 6) is 0. The minimum Gasteiger partial charge on any atom is -0.444 e. The van der Waals surface area contributed by atoms with Crippen molar-refractivity contribution in [3.63, 3.8) is 0 Å². The third-order valence-electron chi connectivity index (χ3n) is 4.14. The smallest absolute Gasteiger partial charge is 0.410 e. The van der Waals surface area contributed by atoms with Crippen molar-refractivity contribution >= 4 is 6.09 Å². The average molecular weight is 338 g/mol. The Morgan fingerprint density at radius 3 is 2.92 bits per heavy atom. The Kier molecular flexibility index (Phi) is 6.23. The number of ether oxygens (including phenoxy) is 2. The van der Waals surface area contributed by atoms with Crippen molar-refractivity contribution in [2.24, 2.45) is 5.41 Å². The van der Waals surface area contributed by atoms with Crippen LogP contribution in [0.1, 0.15) is 39.3 Å². The number of likely N-dealkylation sites (tertiary alicyclic amines) is 1. The van der Waals surface area contributed by atoms with Gasteiger partial charge in [0.1, 0.15) is 5.60 Å². The zero-order valence-corrected chi connectivity index (χ0v) is 15.2. The van der Waals surface area contributed by atoms with Gasteiger partial charge in [-0.25, -0.2) is 4.79 Å². The number of hydrogen-bond donors (Lipinski definition) is 2. The second kappa shape index (κ2) is 7.98. The minimum absolute atomic E-state index is 0.0933. The fourth-order valence-corrected chi connectivity index (χ4v) is 3.16. The van der Waals surface area contributed by atoms with Gasteiger partial charge in [0.05, 0.1) is 6.61 Å². The van der Waals surface area contributed by atoms with Crippen LogP contribution in [-0.4, -0.2) is 60.1 Å². The summed E-state index contributed by atoms with van der Waals surface area (Å²) < 4.78 is 11.0. The Bertz CT molecular complexity index is 508. The van der Waals surface area contributed by atoms with E-state index in [2.05, 4.69) is 15.5 Å². The van der Waals surface area contributed by atoms with Gasteiger partial charge in [-0.1, -0.05) is 0 Å². The van der Waals surface area contributed by atoms with Crippen LogP contribution in [0.3, 0.4) is 0 Å². The van der Waals surface area contributed by atoms with Crippen LogP contribution in [0.25, 0.3) is 0 Å². The van der Waals surface area contributed by atoms with Crippen molar-refractivity contribution < 1.29 is 14.3 Å². The van der Waals surface area contributed by atoms with Gasteiger partial charge in [0.2, 0.25) is 0 Å². The van der Waals surface area contributed by atoms with Crippen LogP contribution in [0, 0.1) is 5.41 Å². The molecule has 1 aliphatic heterocycles. The fraction of sp³-hybridized carbons (Fsp3) is 0.765. The lowest BCUT2D eigenvalue weighted by Crippen LogP contribution is -2.53. The lowest BCUT2D eigenvalue weighted by atomic mass is 9.80. The van der Waals surface area contributed by atoms with Crippen molar-refractivity contribution in [3.05, 3.63) is 18.0 Å². The average Bonchev–Trinajstić information content (AvgIpc) is 2.99. The highest BCUT2D eigenvalue weighted by molar-refractivity contribution is 5.68. The Morgan fingerprint density at radius 2 is 2.29 bits per heavy atom. The number of nitrogens with one attached hydrogen (secondary N) is 2. The van der Waals surface area contributed by atoms with Gasteiger partial charge in [-0.3, -0.25) is 5.10 Å². The van der Waals surface area contributed by atoms with E-state index in [-0.39, 0.29) is 11.5 Å². The van der Waals surface area contributed by atoms with Crippen LogP contribution in [0.2, 0.25) is 0 Å². The van der Waals surface area contributed by atoms with Crippen LogP contribution < -0.4 is 5.32 Å². The standard InChI is InChI=1S/C17H30N4O3/c1-16(2,3)24-15(22)21-9-5-7-17(12-21,13-23-4)11-18-10-14-6-8-19-20-14/h6,8,18H,5,7,9-13H2,1-4H3,(H,19,20). The molecule has 0 saturated carbocycles. The van der Waals surface area contributed by atoms with E-state index in [0.29, 0.717) is 13.2 Å². The van der Waals surface area contributed by atoms with E-state index in [9.17, 15) is 4.79 Å². The van der Waals surface area contributed by atoms with Gasteiger partial charge in [0, 0.05) is 50.6 Å². The van der Waals surface area contributed by atoms with E-state index in [1.165, 1.54) is 0 Å². The molecule has 0 radical (unpaired) electrons. The summed E-state index contributed by atoms with van der Waals surface area (Å²) in [6.07, 6.45) is 3.48. The lowest BCUT2D eigenvalue weighted by molar-refractivity contribution is -0.0155. The molecule has 7 heteroatoms. The third kappa shape index (κ3) is 5.49. The molecule has 1 amide bonds. The van der Waals surface area contributed by atoms with Crippen LogP contribution in [0.15, 0.2) is 12.3 Å². The molecule has 1 aromatic rings.